The molecule has 14 heteroatoms. The van der Waals surface area contributed by atoms with Gasteiger partial charge in [-0.1, -0.05) is 24.3 Å². The first-order valence-corrected chi connectivity index (χ1v) is 12.1. The number of phenolic OH excluding ortho intramolecular Hbond substituents is 1. The lowest BCUT2D eigenvalue weighted by atomic mass is 10.0. The number of fused-ring (bicyclic) bond motifs is 1. The Bertz CT molecular complexity index is 1770. The first kappa shape index (κ1) is 29.0. The van der Waals surface area contributed by atoms with Crippen LogP contribution in [-0.2, 0) is 17.1 Å². The Morgan fingerprint density at radius 3 is 2.12 bits per heavy atom. The van der Waals surface area contributed by atoms with Gasteiger partial charge in [0.15, 0.2) is 5.71 Å². The molecule has 1 amide bonds. The third-order valence-corrected chi connectivity index (χ3v) is 6.35. The number of carboxylic acid groups (broad SMARTS) is 1. The summed E-state index contributed by atoms with van der Waals surface area (Å²) in [5, 5.41) is 23.8. The molecule has 5 rings (SSSR count). The summed E-state index contributed by atoms with van der Waals surface area (Å²) < 4.78 is 84.4. The van der Waals surface area contributed by atoms with E-state index in [0.717, 1.165) is 29.2 Å². The van der Waals surface area contributed by atoms with Gasteiger partial charge in [-0.2, -0.15) is 31.4 Å². The van der Waals surface area contributed by atoms with Crippen LogP contribution in [0, 0.1) is 0 Å². The minimum absolute atomic E-state index is 0.0160. The predicted molar refractivity (Wildman–Crippen MR) is 142 cm³/mol. The van der Waals surface area contributed by atoms with Crippen LogP contribution >= 0.6 is 0 Å². The summed E-state index contributed by atoms with van der Waals surface area (Å²) >= 11 is 0. The standard InChI is InChI=1S/C29H17F6N3O5/c30-28(31,32)16-7-10-18(11-8-16)38-23-14-17(29(33,34)35)9-12-21(23)24(26(38)40)37-36-22-6-2-5-20(25(22)39)15-3-1-4-19(13-15)43-27(41)42/h1-14,36,39H,(H,41,42). The maximum atomic E-state index is 13.5. The molecule has 220 valence electrons. The van der Waals surface area contributed by atoms with Crippen LogP contribution < -0.4 is 15.1 Å². The van der Waals surface area contributed by atoms with Crippen molar-refractivity contribution in [2.24, 2.45) is 5.10 Å². The number of benzene rings is 4. The largest absolute Gasteiger partial charge is 0.511 e. The van der Waals surface area contributed by atoms with Gasteiger partial charge in [-0.15, -0.1) is 0 Å². The number of hydrogen-bond donors (Lipinski definition) is 3. The van der Waals surface area contributed by atoms with Crippen LogP contribution in [0.4, 0.5) is 48.2 Å². The Balaban J connectivity index is 1.53. The number of carbonyl (C=O) groups is 2. The summed E-state index contributed by atoms with van der Waals surface area (Å²) in [5.74, 6) is -1.31. The van der Waals surface area contributed by atoms with Crippen molar-refractivity contribution in [2.45, 2.75) is 12.4 Å². The highest BCUT2D eigenvalue weighted by Crippen LogP contribution is 2.42. The fraction of sp³-hybridized carbons (Fsp3) is 0.0690. The lowest BCUT2D eigenvalue weighted by Crippen LogP contribution is -2.26. The average Bonchev–Trinajstić information content (AvgIpc) is 3.21. The van der Waals surface area contributed by atoms with Crippen molar-refractivity contribution < 1.29 is 50.9 Å². The molecule has 43 heavy (non-hydrogen) atoms. The second-order valence-electron chi connectivity index (χ2n) is 9.08. The number of carbonyl (C=O) groups excluding carboxylic acids is 1. The molecule has 3 N–H and O–H groups in total. The molecule has 1 heterocycles. The molecule has 0 atom stereocenters. The number of aromatic hydroxyl groups is 1. The summed E-state index contributed by atoms with van der Waals surface area (Å²) in [4.78, 5) is 25.1. The summed E-state index contributed by atoms with van der Waals surface area (Å²) in [5.41, 5.74) is 0.181. The molecule has 0 saturated carbocycles. The van der Waals surface area contributed by atoms with Crippen molar-refractivity contribution in [3.05, 3.63) is 102 Å². The second-order valence-corrected chi connectivity index (χ2v) is 9.08. The quantitative estimate of drug-likeness (QED) is 0.0713. The monoisotopic (exact) mass is 601 g/mol. The van der Waals surface area contributed by atoms with Gasteiger partial charge >= 0.3 is 18.5 Å². The third kappa shape index (κ3) is 5.80. The van der Waals surface area contributed by atoms with E-state index in [9.17, 15) is 41.0 Å². The minimum atomic E-state index is -4.78. The number of hydrazone groups is 1. The molecule has 1 aliphatic rings. The average molecular weight is 601 g/mol. The number of nitrogens with one attached hydrogen (secondary N) is 1. The van der Waals surface area contributed by atoms with Crippen LogP contribution in [-0.4, -0.2) is 28.0 Å². The highest BCUT2D eigenvalue weighted by atomic mass is 19.4. The van der Waals surface area contributed by atoms with E-state index in [1.165, 1.54) is 36.4 Å². The third-order valence-electron chi connectivity index (χ3n) is 6.35. The highest BCUT2D eigenvalue weighted by molar-refractivity contribution is 6.55. The number of phenols is 1. The summed E-state index contributed by atoms with van der Waals surface area (Å²) in [7, 11) is 0. The minimum Gasteiger partial charge on any atom is -0.505 e. The zero-order valence-corrected chi connectivity index (χ0v) is 21.4. The molecular formula is C29H17F6N3O5. The predicted octanol–water partition coefficient (Wildman–Crippen LogP) is 7.65. The number of anilines is 3. The molecule has 0 radical (unpaired) electrons. The Morgan fingerprint density at radius 2 is 1.47 bits per heavy atom. The van der Waals surface area contributed by atoms with E-state index in [2.05, 4.69) is 15.3 Å². The van der Waals surface area contributed by atoms with Gasteiger partial charge in [-0.25, -0.2) is 4.79 Å². The Kier molecular flexibility index (Phi) is 7.21. The number of rotatable bonds is 5. The molecule has 0 saturated heterocycles. The Labute approximate surface area is 238 Å². The van der Waals surface area contributed by atoms with Gasteiger partial charge in [0, 0.05) is 16.8 Å². The van der Waals surface area contributed by atoms with Crippen molar-refractivity contribution in [1.29, 1.82) is 0 Å². The number of halogens is 6. The van der Waals surface area contributed by atoms with Gasteiger partial charge in [0.25, 0.3) is 5.91 Å². The van der Waals surface area contributed by atoms with Crippen molar-refractivity contribution in [3.63, 3.8) is 0 Å². The van der Waals surface area contributed by atoms with E-state index >= 15 is 0 Å². The van der Waals surface area contributed by atoms with Crippen molar-refractivity contribution in [1.82, 2.24) is 0 Å². The molecule has 4 aromatic rings. The van der Waals surface area contributed by atoms with Gasteiger partial charge < -0.3 is 14.9 Å². The molecule has 0 aliphatic carbocycles. The zero-order valence-electron chi connectivity index (χ0n) is 21.4. The molecule has 0 bridgehead atoms. The molecule has 1 aliphatic heterocycles. The van der Waals surface area contributed by atoms with Gasteiger partial charge in [0.05, 0.1) is 22.5 Å². The topological polar surface area (TPSA) is 111 Å². The number of nitrogens with zero attached hydrogens (tertiary/aromatic N) is 2. The molecule has 0 spiro atoms. The number of amides is 1. The fourth-order valence-corrected chi connectivity index (χ4v) is 4.40. The number of para-hydroxylation sites is 1. The van der Waals surface area contributed by atoms with E-state index in [1.54, 1.807) is 6.07 Å². The molecule has 4 aromatic carbocycles. The van der Waals surface area contributed by atoms with Crippen molar-refractivity contribution in [2.75, 3.05) is 10.3 Å². The van der Waals surface area contributed by atoms with Crippen molar-refractivity contribution in [3.8, 4) is 22.6 Å². The molecule has 8 nitrogen and oxygen atoms in total. The fourth-order valence-electron chi connectivity index (χ4n) is 4.40. The smallest absolute Gasteiger partial charge is 0.505 e. The van der Waals surface area contributed by atoms with E-state index in [-0.39, 0.29) is 45.4 Å². The van der Waals surface area contributed by atoms with Crippen LogP contribution in [0.1, 0.15) is 16.7 Å². The maximum Gasteiger partial charge on any atom is 0.511 e. The lowest BCUT2D eigenvalue weighted by molar-refractivity contribution is -0.138. The van der Waals surface area contributed by atoms with Crippen LogP contribution in [0.15, 0.2) is 90.0 Å². The normalized spacial score (nSPS) is 14.1. The zero-order chi connectivity index (χ0) is 31.1. The lowest BCUT2D eigenvalue weighted by Gasteiger charge is -2.19. The Morgan fingerprint density at radius 1 is 0.814 bits per heavy atom. The Hall–Kier alpha value is -5.53. The van der Waals surface area contributed by atoms with E-state index in [4.69, 9.17) is 5.11 Å². The molecule has 0 fully saturated rings. The number of alkyl halides is 6. The van der Waals surface area contributed by atoms with Gasteiger partial charge in [0.1, 0.15) is 11.5 Å². The highest BCUT2D eigenvalue weighted by Gasteiger charge is 2.39. The first-order valence-electron chi connectivity index (χ1n) is 12.1. The first-order chi connectivity index (χ1) is 20.2. The maximum absolute atomic E-state index is 13.5. The number of ether oxygens (including phenoxy) is 1. The second kappa shape index (κ2) is 10.7. The van der Waals surface area contributed by atoms with Crippen LogP contribution in [0.5, 0.6) is 11.5 Å². The van der Waals surface area contributed by atoms with Crippen LogP contribution in [0.3, 0.4) is 0 Å². The van der Waals surface area contributed by atoms with E-state index < -0.39 is 35.5 Å². The van der Waals surface area contributed by atoms with E-state index in [1.807, 2.05) is 0 Å². The molecular weight excluding hydrogens is 584 g/mol. The van der Waals surface area contributed by atoms with Gasteiger partial charge in [-0.05, 0) is 66.2 Å². The van der Waals surface area contributed by atoms with Gasteiger partial charge in [-0.3, -0.25) is 15.1 Å². The van der Waals surface area contributed by atoms with Crippen molar-refractivity contribution >= 4 is 34.8 Å². The molecule has 0 unspecified atom stereocenters. The van der Waals surface area contributed by atoms with Gasteiger partial charge in [0.2, 0.25) is 0 Å². The van der Waals surface area contributed by atoms with Crippen LogP contribution in [0.25, 0.3) is 11.1 Å². The molecule has 0 aromatic heterocycles. The summed E-state index contributed by atoms with van der Waals surface area (Å²) in [6.07, 6.45) is -11.0. The SMILES string of the molecule is O=C(O)Oc1cccc(-c2cccc(NN=C3C(=O)N(c4ccc(C(F)(F)F)cc4)c4cc(C(F)(F)F)ccc43)c2O)c1. The summed E-state index contributed by atoms with van der Waals surface area (Å²) in [6.45, 7) is 0. The van der Waals surface area contributed by atoms with Crippen LogP contribution in [0.2, 0.25) is 0 Å². The van der Waals surface area contributed by atoms with E-state index in [0.29, 0.717) is 23.8 Å². The summed E-state index contributed by atoms with van der Waals surface area (Å²) in [6, 6.07) is 16.0. The number of hydrogen-bond acceptors (Lipinski definition) is 6.